The van der Waals surface area contributed by atoms with Gasteiger partial charge < -0.3 is 5.11 Å². The maximum Gasteiger partial charge on any atom is 0.300 e. The van der Waals surface area contributed by atoms with Crippen molar-refractivity contribution in [3.63, 3.8) is 0 Å². The van der Waals surface area contributed by atoms with Crippen LogP contribution in [-0.2, 0) is 9.59 Å². The summed E-state index contributed by atoms with van der Waals surface area (Å²) in [5.74, 6) is 0.768. The summed E-state index contributed by atoms with van der Waals surface area (Å²) in [6, 6.07) is 0. The molecule has 0 aromatic carbocycles. The highest BCUT2D eigenvalue weighted by Crippen LogP contribution is 2.31. The largest absolute Gasteiger partial charge is 0.481 e. The Kier molecular flexibility index (Phi) is 7.86. The number of aliphatic carboxylic acids is 1. The van der Waals surface area contributed by atoms with Crippen LogP contribution in [0, 0.1) is 11.8 Å². The second-order valence-electron chi connectivity index (χ2n) is 4.60. The van der Waals surface area contributed by atoms with Crippen LogP contribution in [0.15, 0.2) is 0 Å². The molecule has 1 aliphatic rings. The van der Waals surface area contributed by atoms with Gasteiger partial charge in [0.15, 0.2) is 0 Å². The van der Waals surface area contributed by atoms with E-state index in [0.29, 0.717) is 17.6 Å². The van der Waals surface area contributed by atoms with Gasteiger partial charge in [-0.15, -0.1) is 0 Å². The third-order valence-corrected chi connectivity index (χ3v) is 3.07. The van der Waals surface area contributed by atoms with Gasteiger partial charge in [0, 0.05) is 19.3 Å². The standard InChI is InChI=1S/C11H20O.C2H4O2/c1-3-4-5-6-10-9(2)7-8-11(10)12;1-2(3)4/h9-10H,3-8H2,1-2H3;1H3,(H,3,4). The minimum absolute atomic E-state index is 0.413. The lowest BCUT2D eigenvalue weighted by molar-refractivity contribution is -0.134. The molecule has 0 heterocycles. The highest BCUT2D eigenvalue weighted by atomic mass is 16.4. The topological polar surface area (TPSA) is 54.4 Å². The van der Waals surface area contributed by atoms with E-state index in [2.05, 4.69) is 13.8 Å². The average Bonchev–Trinajstić information content (AvgIpc) is 2.48. The number of carboxylic acids is 1. The molecule has 0 radical (unpaired) electrons. The Hall–Kier alpha value is -0.860. The maximum atomic E-state index is 11.4. The fourth-order valence-corrected chi connectivity index (χ4v) is 2.13. The lowest BCUT2D eigenvalue weighted by Crippen LogP contribution is -2.12. The van der Waals surface area contributed by atoms with Crippen LogP contribution in [0.2, 0.25) is 0 Å². The minimum atomic E-state index is -0.833. The van der Waals surface area contributed by atoms with Crippen molar-refractivity contribution in [1.29, 1.82) is 0 Å². The summed E-state index contributed by atoms with van der Waals surface area (Å²) in [7, 11) is 0. The molecular formula is C13H24O3. The number of carboxylic acid groups (broad SMARTS) is 1. The van der Waals surface area contributed by atoms with Gasteiger partial charge in [0.05, 0.1) is 0 Å². The van der Waals surface area contributed by atoms with Gasteiger partial charge in [0.2, 0.25) is 0 Å². The number of carbonyl (C=O) groups excluding carboxylic acids is 1. The normalized spacial score (nSPS) is 23.8. The summed E-state index contributed by atoms with van der Waals surface area (Å²) >= 11 is 0. The molecule has 16 heavy (non-hydrogen) atoms. The zero-order valence-electron chi connectivity index (χ0n) is 10.7. The van der Waals surface area contributed by atoms with Crippen molar-refractivity contribution in [2.24, 2.45) is 11.8 Å². The number of hydrogen-bond donors (Lipinski definition) is 1. The van der Waals surface area contributed by atoms with Gasteiger partial charge in [-0.1, -0.05) is 33.1 Å². The molecule has 1 rings (SSSR count). The van der Waals surface area contributed by atoms with Gasteiger partial charge in [-0.25, -0.2) is 0 Å². The summed E-state index contributed by atoms with van der Waals surface area (Å²) in [5, 5.41) is 7.42. The predicted octanol–water partition coefficient (Wildman–Crippen LogP) is 3.27. The van der Waals surface area contributed by atoms with E-state index in [0.717, 1.165) is 26.2 Å². The highest BCUT2D eigenvalue weighted by Gasteiger charge is 2.30. The number of ketones is 1. The van der Waals surface area contributed by atoms with Crippen molar-refractivity contribution in [3.05, 3.63) is 0 Å². The third-order valence-electron chi connectivity index (χ3n) is 3.07. The van der Waals surface area contributed by atoms with Crippen LogP contribution in [0.5, 0.6) is 0 Å². The Morgan fingerprint density at radius 2 is 2.00 bits per heavy atom. The Balaban J connectivity index is 0.000000487. The first-order valence-corrected chi connectivity index (χ1v) is 6.21. The Morgan fingerprint density at radius 1 is 1.44 bits per heavy atom. The monoisotopic (exact) mass is 228 g/mol. The van der Waals surface area contributed by atoms with Crippen molar-refractivity contribution in [2.45, 2.75) is 59.3 Å². The molecule has 2 unspecified atom stereocenters. The summed E-state index contributed by atoms with van der Waals surface area (Å²) in [5.41, 5.74) is 0. The summed E-state index contributed by atoms with van der Waals surface area (Å²) in [6.45, 7) is 5.52. The van der Waals surface area contributed by atoms with Crippen LogP contribution in [0.4, 0.5) is 0 Å². The Labute approximate surface area is 98.2 Å². The van der Waals surface area contributed by atoms with Gasteiger partial charge in [-0.05, 0) is 18.8 Å². The quantitative estimate of drug-likeness (QED) is 0.751. The highest BCUT2D eigenvalue weighted by molar-refractivity contribution is 5.83. The lowest BCUT2D eigenvalue weighted by Gasteiger charge is -2.12. The van der Waals surface area contributed by atoms with Crippen molar-refractivity contribution >= 4 is 11.8 Å². The van der Waals surface area contributed by atoms with Crippen LogP contribution < -0.4 is 0 Å². The summed E-state index contributed by atoms with van der Waals surface area (Å²) < 4.78 is 0. The predicted molar refractivity (Wildman–Crippen MR) is 64.3 cm³/mol. The van der Waals surface area contributed by atoms with Gasteiger partial charge >= 0.3 is 0 Å². The van der Waals surface area contributed by atoms with E-state index in [-0.39, 0.29) is 0 Å². The molecule has 2 atom stereocenters. The Morgan fingerprint density at radius 3 is 2.38 bits per heavy atom. The van der Waals surface area contributed by atoms with Crippen molar-refractivity contribution in [3.8, 4) is 0 Å². The number of Topliss-reactive ketones (excluding diaryl/α,β-unsaturated/α-hetero) is 1. The summed E-state index contributed by atoms with van der Waals surface area (Å²) in [6.07, 6.45) is 6.92. The molecule has 0 bridgehead atoms. The molecule has 0 aromatic heterocycles. The van der Waals surface area contributed by atoms with E-state index in [1.165, 1.54) is 19.3 Å². The SMILES string of the molecule is CC(=O)O.CCCCCC1C(=O)CCC1C. The van der Waals surface area contributed by atoms with E-state index < -0.39 is 5.97 Å². The van der Waals surface area contributed by atoms with E-state index >= 15 is 0 Å². The second-order valence-corrected chi connectivity index (χ2v) is 4.60. The first kappa shape index (κ1) is 15.1. The molecule has 0 amide bonds. The molecule has 1 fully saturated rings. The molecule has 1 saturated carbocycles. The number of unbranched alkanes of at least 4 members (excludes halogenated alkanes) is 2. The lowest BCUT2D eigenvalue weighted by atomic mass is 9.92. The average molecular weight is 228 g/mol. The molecule has 1 aliphatic carbocycles. The molecular weight excluding hydrogens is 204 g/mol. The molecule has 0 spiro atoms. The summed E-state index contributed by atoms with van der Waals surface area (Å²) in [4.78, 5) is 20.4. The van der Waals surface area contributed by atoms with Crippen molar-refractivity contribution < 1.29 is 14.7 Å². The van der Waals surface area contributed by atoms with Crippen LogP contribution in [-0.4, -0.2) is 16.9 Å². The first-order chi connectivity index (χ1) is 7.49. The number of carbonyl (C=O) groups is 2. The maximum absolute atomic E-state index is 11.4. The van der Waals surface area contributed by atoms with Crippen LogP contribution in [0.1, 0.15) is 59.3 Å². The smallest absolute Gasteiger partial charge is 0.300 e. The number of hydrogen-bond acceptors (Lipinski definition) is 2. The van der Waals surface area contributed by atoms with Gasteiger partial charge in [-0.3, -0.25) is 9.59 Å². The fraction of sp³-hybridized carbons (Fsp3) is 0.846. The minimum Gasteiger partial charge on any atom is -0.481 e. The van der Waals surface area contributed by atoms with Crippen molar-refractivity contribution in [1.82, 2.24) is 0 Å². The number of rotatable bonds is 4. The van der Waals surface area contributed by atoms with Crippen LogP contribution in [0.25, 0.3) is 0 Å². The van der Waals surface area contributed by atoms with E-state index in [4.69, 9.17) is 9.90 Å². The van der Waals surface area contributed by atoms with Crippen LogP contribution >= 0.6 is 0 Å². The molecule has 0 aliphatic heterocycles. The van der Waals surface area contributed by atoms with E-state index in [1.807, 2.05) is 0 Å². The van der Waals surface area contributed by atoms with Gasteiger partial charge in [-0.2, -0.15) is 0 Å². The molecule has 1 N–H and O–H groups in total. The molecule has 94 valence electrons. The molecule has 3 nitrogen and oxygen atoms in total. The zero-order valence-corrected chi connectivity index (χ0v) is 10.7. The van der Waals surface area contributed by atoms with E-state index in [1.54, 1.807) is 0 Å². The van der Waals surface area contributed by atoms with E-state index in [9.17, 15) is 4.79 Å². The Bertz CT molecular complexity index is 219. The molecule has 0 aromatic rings. The molecule has 3 heteroatoms. The molecule has 0 saturated heterocycles. The second kappa shape index (κ2) is 8.31. The van der Waals surface area contributed by atoms with Crippen molar-refractivity contribution in [2.75, 3.05) is 0 Å². The first-order valence-electron chi connectivity index (χ1n) is 6.21. The van der Waals surface area contributed by atoms with Crippen LogP contribution in [0.3, 0.4) is 0 Å². The third kappa shape index (κ3) is 6.59. The van der Waals surface area contributed by atoms with Gasteiger partial charge in [0.25, 0.3) is 5.97 Å². The zero-order chi connectivity index (χ0) is 12.6. The van der Waals surface area contributed by atoms with Gasteiger partial charge in [0.1, 0.15) is 5.78 Å². The fourth-order valence-electron chi connectivity index (χ4n) is 2.13.